The molecule has 0 radical (unpaired) electrons. The molecule has 1 aromatic rings. The van der Waals surface area contributed by atoms with E-state index < -0.39 is 23.1 Å². The zero-order valence-corrected chi connectivity index (χ0v) is 12.9. The minimum atomic E-state index is -1.05. The molecule has 2 rings (SSSR count). The van der Waals surface area contributed by atoms with Gasteiger partial charge < -0.3 is 15.2 Å². The Labute approximate surface area is 135 Å². The number of hydrogen-bond donors (Lipinski definition) is 2. The summed E-state index contributed by atoms with van der Waals surface area (Å²) in [4.78, 5) is 33.4. The van der Waals surface area contributed by atoms with Crippen LogP contribution in [0.4, 0.5) is 0 Å². The first kappa shape index (κ1) is 16.7. The van der Waals surface area contributed by atoms with Crippen LogP contribution in [0.25, 0.3) is 0 Å². The highest BCUT2D eigenvalue weighted by Crippen LogP contribution is 2.22. The molecule has 1 amide bonds. The van der Waals surface area contributed by atoms with Gasteiger partial charge in [0.1, 0.15) is 5.25 Å². The molecule has 1 fully saturated rings. The molecule has 0 aliphatic carbocycles. The highest BCUT2D eigenvalue weighted by Gasteiger charge is 2.32. The third-order valence-electron chi connectivity index (χ3n) is 2.82. The summed E-state index contributed by atoms with van der Waals surface area (Å²) >= 11 is 1.03. The number of methoxy groups -OCH3 is 1. The van der Waals surface area contributed by atoms with Crippen molar-refractivity contribution >= 4 is 41.0 Å². The molecule has 1 saturated heterocycles. The Morgan fingerprint density at radius 2 is 2.09 bits per heavy atom. The minimum absolute atomic E-state index is 0.253. The SMILES string of the molecule is COC(=O)c1ccc(/C=N\N=C2\NC(=O)[C@@H](CC(=O)O)S2)cc1. The lowest BCUT2D eigenvalue weighted by molar-refractivity contribution is -0.138. The van der Waals surface area contributed by atoms with E-state index in [9.17, 15) is 14.4 Å². The summed E-state index contributed by atoms with van der Waals surface area (Å²) in [6, 6.07) is 6.53. The van der Waals surface area contributed by atoms with E-state index in [1.165, 1.54) is 13.3 Å². The van der Waals surface area contributed by atoms with Crippen LogP contribution in [0, 0.1) is 0 Å². The molecule has 1 heterocycles. The number of amides is 1. The van der Waals surface area contributed by atoms with Gasteiger partial charge in [0.15, 0.2) is 5.17 Å². The molecule has 0 bridgehead atoms. The molecule has 23 heavy (non-hydrogen) atoms. The fourth-order valence-electron chi connectivity index (χ4n) is 1.72. The number of esters is 1. The Bertz CT molecular complexity index is 684. The zero-order chi connectivity index (χ0) is 16.8. The number of amidine groups is 1. The number of carboxylic acids is 1. The number of carbonyl (C=O) groups is 3. The summed E-state index contributed by atoms with van der Waals surface area (Å²) in [7, 11) is 1.30. The fourth-order valence-corrected chi connectivity index (χ4v) is 2.63. The van der Waals surface area contributed by atoms with Gasteiger partial charge in [-0.3, -0.25) is 9.59 Å². The molecule has 1 atom stereocenters. The predicted molar refractivity (Wildman–Crippen MR) is 84.6 cm³/mol. The first-order valence-electron chi connectivity index (χ1n) is 6.48. The van der Waals surface area contributed by atoms with Crippen LogP contribution in [0.2, 0.25) is 0 Å². The van der Waals surface area contributed by atoms with E-state index in [4.69, 9.17) is 5.11 Å². The van der Waals surface area contributed by atoms with Crippen LogP contribution in [0.3, 0.4) is 0 Å². The average Bonchev–Trinajstić information content (AvgIpc) is 2.86. The number of ether oxygens (including phenoxy) is 1. The number of nitrogens with one attached hydrogen (secondary N) is 1. The quantitative estimate of drug-likeness (QED) is 0.468. The van der Waals surface area contributed by atoms with Crippen LogP contribution in [0.5, 0.6) is 0 Å². The van der Waals surface area contributed by atoms with Gasteiger partial charge in [-0.1, -0.05) is 23.9 Å². The molecule has 2 N–H and O–H groups in total. The molecule has 0 saturated carbocycles. The van der Waals surface area contributed by atoms with Gasteiger partial charge in [0.05, 0.1) is 25.3 Å². The number of carboxylic acid groups (broad SMARTS) is 1. The molecule has 0 unspecified atom stereocenters. The van der Waals surface area contributed by atoms with Crippen molar-refractivity contribution in [2.45, 2.75) is 11.7 Å². The first-order valence-corrected chi connectivity index (χ1v) is 7.36. The number of hydrogen-bond acceptors (Lipinski definition) is 7. The standard InChI is InChI=1S/C14H13N3O5S/c1-22-13(21)9-4-2-8(3-5-9)7-15-17-14-16-12(20)10(23-14)6-11(18)19/h2-5,7,10H,6H2,1H3,(H,18,19)(H,16,17,20)/b15-7-/t10-/m1/s1. The van der Waals surface area contributed by atoms with Crippen molar-refractivity contribution in [3.63, 3.8) is 0 Å². The van der Waals surface area contributed by atoms with Crippen molar-refractivity contribution < 1.29 is 24.2 Å². The summed E-state index contributed by atoms with van der Waals surface area (Å²) in [5.41, 5.74) is 1.13. The second-order valence-electron chi connectivity index (χ2n) is 4.46. The van der Waals surface area contributed by atoms with E-state index in [1.807, 2.05) is 0 Å². The highest BCUT2D eigenvalue weighted by molar-refractivity contribution is 8.15. The van der Waals surface area contributed by atoms with Crippen molar-refractivity contribution in [3.05, 3.63) is 35.4 Å². The van der Waals surface area contributed by atoms with E-state index in [0.717, 1.165) is 11.8 Å². The van der Waals surface area contributed by atoms with Gasteiger partial charge in [0, 0.05) is 0 Å². The smallest absolute Gasteiger partial charge is 0.337 e. The van der Waals surface area contributed by atoms with Crippen LogP contribution in [-0.4, -0.2) is 46.7 Å². The monoisotopic (exact) mass is 335 g/mol. The number of benzene rings is 1. The van der Waals surface area contributed by atoms with E-state index in [-0.39, 0.29) is 11.6 Å². The van der Waals surface area contributed by atoms with Crippen LogP contribution in [-0.2, 0) is 14.3 Å². The normalized spacial score (nSPS) is 19.1. The molecule has 120 valence electrons. The molecule has 8 nitrogen and oxygen atoms in total. The molecular weight excluding hydrogens is 322 g/mol. The molecular formula is C14H13N3O5S. The van der Waals surface area contributed by atoms with E-state index in [1.54, 1.807) is 24.3 Å². The Kier molecular flexibility index (Phi) is 5.47. The number of aliphatic carboxylic acids is 1. The molecule has 1 aliphatic rings. The van der Waals surface area contributed by atoms with Gasteiger partial charge in [-0.25, -0.2) is 4.79 Å². The van der Waals surface area contributed by atoms with Crippen LogP contribution >= 0.6 is 11.8 Å². The molecule has 0 aromatic heterocycles. The maximum Gasteiger partial charge on any atom is 0.337 e. The summed E-state index contributed by atoms with van der Waals surface area (Å²) in [5.74, 6) is -1.87. The second-order valence-corrected chi connectivity index (χ2v) is 5.65. The van der Waals surface area contributed by atoms with Gasteiger partial charge in [0.25, 0.3) is 0 Å². The summed E-state index contributed by atoms with van der Waals surface area (Å²) in [5, 5.41) is 18.4. The number of rotatable bonds is 5. The Hall–Kier alpha value is -2.68. The van der Waals surface area contributed by atoms with E-state index in [0.29, 0.717) is 11.1 Å². The lowest BCUT2D eigenvalue weighted by atomic mass is 10.1. The Morgan fingerprint density at radius 1 is 1.39 bits per heavy atom. The number of carbonyl (C=O) groups excluding carboxylic acids is 2. The fraction of sp³-hybridized carbons (Fsp3) is 0.214. The van der Waals surface area contributed by atoms with Gasteiger partial charge in [-0.2, -0.15) is 5.10 Å². The van der Waals surface area contributed by atoms with Crippen LogP contribution in [0.15, 0.2) is 34.5 Å². The first-order chi connectivity index (χ1) is 11.0. The summed E-state index contributed by atoms with van der Waals surface area (Å²) < 4.78 is 4.59. The number of nitrogens with zero attached hydrogens (tertiary/aromatic N) is 2. The van der Waals surface area contributed by atoms with E-state index >= 15 is 0 Å². The predicted octanol–water partition coefficient (Wildman–Crippen LogP) is 0.869. The van der Waals surface area contributed by atoms with Gasteiger partial charge in [-0.05, 0) is 17.7 Å². The maximum atomic E-state index is 11.5. The van der Waals surface area contributed by atoms with Gasteiger partial charge >= 0.3 is 11.9 Å². The second kappa shape index (κ2) is 7.54. The highest BCUT2D eigenvalue weighted by atomic mass is 32.2. The lowest BCUT2D eigenvalue weighted by Crippen LogP contribution is -2.26. The van der Waals surface area contributed by atoms with Crippen LogP contribution in [0.1, 0.15) is 22.3 Å². The van der Waals surface area contributed by atoms with Gasteiger partial charge in [-0.15, -0.1) is 5.10 Å². The molecule has 0 spiro atoms. The zero-order valence-electron chi connectivity index (χ0n) is 12.1. The topological polar surface area (TPSA) is 117 Å². The molecule has 9 heteroatoms. The van der Waals surface area contributed by atoms with Crippen molar-refractivity contribution in [2.24, 2.45) is 10.2 Å². The van der Waals surface area contributed by atoms with Crippen molar-refractivity contribution in [1.29, 1.82) is 0 Å². The molecule has 1 aromatic carbocycles. The third kappa shape index (κ3) is 4.65. The Balaban J connectivity index is 1.97. The minimum Gasteiger partial charge on any atom is -0.481 e. The van der Waals surface area contributed by atoms with E-state index in [2.05, 4.69) is 20.3 Å². The third-order valence-corrected chi connectivity index (χ3v) is 3.90. The lowest BCUT2D eigenvalue weighted by Gasteiger charge is -1.98. The van der Waals surface area contributed by atoms with Gasteiger partial charge in [0.2, 0.25) is 5.91 Å². The largest absolute Gasteiger partial charge is 0.481 e. The average molecular weight is 335 g/mol. The summed E-state index contributed by atoms with van der Waals surface area (Å²) in [6.45, 7) is 0. The van der Waals surface area contributed by atoms with Crippen molar-refractivity contribution in [3.8, 4) is 0 Å². The van der Waals surface area contributed by atoms with Crippen molar-refractivity contribution in [2.75, 3.05) is 7.11 Å². The maximum absolute atomic E-state index is 11.5. The van der Waals surface area contributed by atoms with Crippen molar-refractivity contribution in [1.82, 2.24) is 5.32 Å². The number of thioether (sulfide) groups is 1. The Morgan fingerprint density at radius 3 is 2.70 bits per heavy atom. The summed E-state index contributed by atoms with van der Waals surface area (Å²) in [6.07, 6.45) is 1.18. The molecule has 1 aliphatic heterocycles. The van der Waals surface area contributed by atoms with Crippen LogP contribution < -0.4 is 5.32 Å².